The van der Waals surface area contributed by atoms with Crippen LogP contribution in [0.5, 0.6) is 11.5 Å². The summed E-state index contributed by atoms with van der Waals surface area (Å²) in [5.74, 6) is -3.75. The van der Waals surface area contributed by atoms with Crippen LogP contribution < -0.4 is 30.7 Å². The number of nitrogens with zero attached hydrogens (tertiary/aromatic N) is 4. The lowest BCUT2D eigenvalue weighted by molar-refractivity contribution is -0.275. The van der Waals surface area contributed by atoms with Gasteiger partial charge < -0.3 is 41.0 Å². The van der Waals surface area contributed by atoms with Gasteiger partial charge in [-0.15, -0.1) is 26.3 Å². The van der Waals surface area contributed by atoms with Gasteiger partial charge in [0.15, 0.2) is 0 Å². The first-order valence-corrected chi connectivity index (χ1v) is 25.5. The Kier molecular flexibility index (Phi) is 21.9. The Labute approximate surface area is 435 Å². The predicted octanol–water partition coefficient (Wildman–Crippen LogP) is 10.1. The molecule has 76 heavy (non-hydrogen) atoms. The third-order valence-electron chi connectivity index (χ3n) is 12.4. The van der Waals surface area contributed by atoms with Crippen molar-refractivity contribution in [3.05, 3.63) is 84.9 Å². The number of para-hydroxylation sites is 2. The standard InChI is InChI=1S/C54H64F6N8O8/c55-53(56,57)75-37-21-23-45-41(31-37)51(39-17-9-11-19-43(39)65-45)63-27-15-7-3-1-5-13-25-61-47(69)33-67(35-49(71)72)29-30-68(36-50(73)74)34-48(70)62-26-14-6-2-4-8-16-28-64-52-40-18-10-12-20-44(40)66-46-24-22-38(32-42(46)52)76-54(58,59)60/h9-12,17-24,31-32H,1-8,13-16,25-30,33-36H2,(H,61,69)(H,62,70)(H,63,65)(H,64,66)(H,71,72)(H,73,74). The Balaban J connectivity index is 0.824. The lowest BCUT2D eigenvalue weighted by atomic mass is 10.1. The highest BCUT2D eigenvalue weighted by atomic mass is 19.4. The average molecular weight is 1070 g/mol. The maximum absolute atomic E-state index is 12.9. The maximum Gasteiger partial charge on any atom is 0.573 e. The van der Waals surface area contributed by atoms with E-state index in [4.69, 9.17) is 0 Å². The number of halogens is 6. The second-order valence-corrected chi connectivity index (χ2v) is 18.5. The van der Waals surface area contributed by atoms with Gasteiger partial charge in [0.1, 0.15) is 11.5 Å². The second-order valence-electron chi connectivity index (χ2n) is 18.5. The summed E-state index contributed by atoms with van der Waals surface area (Å²) in [5, 5.41) is 34.1. The summed E-state index contributed by atoms with van der Waals surface area (Å²) in [5.41, 5.74) is 3.86. The summed E-state index contributed by atoms with van der Waals surface area (Å²) in [7, 11) is 0. The van der Waals surface area contributed by atoms with Crippen molar-refractivity contribution in [1.82, 2.24) is 30.4 Å². The number of carboxylic acids is 2. The van der Waals surface area contributed by atoms with Crippen LogP contribution in [0.2, 0.25) is 0 Å². The summed E-state index contributed by atoms with van der Waals surface area (Å²) in [6, 6.07) is 23.0. The number of fused-ring (bicyclic) bond motifs is 4. The van der Waals surface area contributed by atoms with Gasteiger partial charge in [0.05, 0.1) is 59.6 Å². The molecule has 0 unspecified atom stereocenters. The van der Waals surface area contributed by atoms with Gasteiger partial charge in [-0.05, 0) is 74.2 Å². The summed E-state index contributed by atoms with van der Waals surface area (Å²) >= 11 is 0. The highest BCUT2D eigenvalue weighted by molar-refractivity contribution is 6.09. The number of ether oxygens (including phenoxy) is 2. The summed E-state index contributed by atoms with van der Waals surface area (Å²) < 4.78 is 86.0. The zero-order valence-corrected chi connectivity index (χ0v) is 42.0. The second kappa shape index (κ2) is 28.6. The van der Waals surface area contributed by atoms with Gasteiger partial charge in [0.25, 0.3) is 0 Å². The number of carboxylic acid groups (broad SMARTS) is 2. The van der Waals surface area contributed by atoms with E-state index >= 15 is 0 Å². The van der Waals surface area contributed by atoms with Gasteiger partial charge in [-0.1, -0.05) is 87.8 Å². The number of pyridine rings is 2. The molecule has 410 valence electrons. The van der Waals surface area contributed by atoms with Gasteiger partial charge >= 0.3 is 24.7 Å². The van der Waals surface area contributed by atoms with E-state index in [-0.39, 0.29) is 49.5 Å². The monoisotopic (exact) mass is 1070 g/mol. The number of hydrogen-bond acceptors (Lipinski definition) is 12. The molecule has 2 aromatic heterocycles. The number of nitrogens with one attached hydrogen (secondary N) is 4. The van der Waals surface area contributed by atoms with E-state index in [1.807, 2.05) is 48.5 Å². The third kappa shape index (κ3) is 19.5. The first kappa shape index (κ1) is 58.1. The normalized spacial score (nSPS) is 11.9. The van der Waals surface area contributed by atoms with Crippen LogP contribution in [0.1, 0.15) is 77.0 Å². The van der Waals surface area contributed by atoms with E-state index in [1.165, 1.54) is 46.2 Å². The molecule has 0 fully saturated rings. The number of aliphatic carboxylic acids is 2. The van der Waals surface area contributed by atoms with E-state index in [2.05, 4.69) is 40.7 Å². The minimum absolute atomic E-state index is 0.0272. The Morgan fingerprint density at radius 2 is 0.789 bits per heavy atom. The topological polar surface area (TPSA) is 208 Å². The van der Waals surface area contributed by atoms with Gasteiger partial charge in [-0.25, -0.2) is 9.97 Å². The van der Waals surface area contributed by atoms with Crippen LogP contribution in [0.25, 0.3) is 43.6 Å². The van der Waals surface area contributed by atoms with Gasteiger partial charge in [0.2, 0.25) is 11.8 Å². The quantitative estimate of drug-likeness (QED) is 0.0129. The number of benzene rings is 4. The summed E-state index contributed by atoms with van der Waals surface area (Å²) in [6.45, 7) is 0.601. The molecule has 0 saturated heterocycles. The highest BCUT2D eigenvalue weighted by Crippen LogP contribution is 2.36. The minimum Gasteiger partial charge on any atom is -0.480 e. The van der Waals surface area contributed by atoms with Crippen molar-refractivity contribution in [3.63, 3.8) is 0 Å². The zero-order chi connectivity index (χ0) is 54.5. The predicted molar refractivity (Wildman–Crippen MR) is 278 cm³/mol. The molecule has 0 aliphatic heterocycles. The molecule has 22 heteroatoms. The van der Waals surface area contributed by atoms with Crippen LogP contribution in [-0.2, 0) is 19.2 Å². The van der Waals surface area contributed by atoms with E-state index in [1.54, 1.807) is 0 Å². The minimum atomic E-state index is -4.82. The summed E-state index contributed by atoms with van der Waals surface area (Å²) in [4.78, 5) is 60.9. The molecule has 0 aliphatic carbocycles. The molecule has 6 aromatic rings. The number of unbranched alkanes of at least 4 members (excludes halogenated alkanes) is 10. The van der Waals surface area contributed by atoms with Crippen LogP contribution in [0, 0.1) is 0 Å². The molecule has 0 atom stereocenters. The number of alkyl halides is 6. The molecule has 6 rings (SSSR count). The molecule has 0 bridgehead atoms. The number of hydrogen-bond donors (Lipinski definition) is 6. The van der Waals surface area contributed by atoms with Crippen molar-refractivity contribution in [2.24, 2.45) is 0 Å². The Morgan fingerprint density at radius 1 is 0.447 bits per heavy atom. The Bertz CT molecular complexity index is 2700. The van der Waals surface area contributed by atoms with Crippen LogP contribution >= 0.6 is 0 Å². The van der Waals surface area contributed by atoms with Crippen molar-refractivity contribution in [1.29, 1.82) is 0 Å². The molecule has 4 aromatic carbocycles. The molecule has 0 radical (unpaired) electrons. The highest BCUT2D eigenvalue weighted by Gasteiger charge is 2.32. The molecular weight excluding hydrogens is 1000 g/mol. The van der Waals surface area contributed by atoms with Crippen LogP contribution in [-0.4, -0.2) is 132 Å². The number of carbonyl (C=O) groups excluding carboxylic acids is 2. The number of carbonyl (C=O) groups is 4. The van der Waals surface area contributed by atoms with E-state index < -0.39 is 37.8 Å². The SMILES string of the molecule is O=C(O)CN(CCN(CC(=O)O)CC(=O)NCCCCCCCCNc1c2ccccc2nc2ccc(OC(F)(F)F)cc12)CC(=O)NCCCCCCCCNc1c2ccccc2nc2ccc(OC(F)(F)F)cc12. The molecule has 16 nitrogen and oxygen atoms in total. The molecule has 0 saturated carbocycles. The number of amides is 2. The maximum atomic E-state index is 12.9. The Hall–Kier alpha value is -7.20. The fourth-order valence-corrected chi connectivity index (χ4v) is 8.92. The lowest BCUT2D eigenvalue weighted by Gasteiger charge is -2.25. The van der Waals surface area contributed by atoms with Crippen LogP contribution in [0.4, 0.5) is 37.7 Å². The first-order chi connectivity index (χ1) is 36.4. The molecule has 2 heterocycles. The third-order valence-corrected chi connectivity index (χ3v) is 12.4. The van der Waals surface area contributed by atoms with Gasteiger partial charge in [-0.2, -0.15) is 0 Å². The number of rotatable bonds is 33. The Morgan fingerprint density at radius 3 is 1.16 bits per heavy atom. The van der Waals surface area contributed by atoms with Crippen molar-refractivity contribution < 1.29 is 65.2 Å². The van der Waals surface area contributed by atoms with Crippen molar-refractivity contribution in [2.45, 2.75) is 89.8 Å². The fraction of sp³-hybridized carbons (Fsp3) is 0.444. The fourth-order valence-electron chi connectivity index (χ4n) is 8.92. The van der Waals surface area contributed by atoms with Gasteiger partial charge in [0, 0.05) is 60.8 Å². The lowest BCUT2D eigenvalue weighted by Crippen LogP contribution is -2.46. The largest absolute Gasteiger partial charge is 0.573 e. The molecule has 2 amide bonds. The van der Waals surface area contributed by atoms with Crippen LogP contribution in [0.3, 0.4) is 0 Å². The average Bonchev–Trinajstić information content (AvgIpc) is 3.37. The van der Waals surface area contributed by atoms with E-state index in [9.17, 15) is 55.7 Å². The molecule has 0 aliphatic rings. The molecule has 0 spiro atoms. The zero-order valence-electron chi connectivity index (χ0n) is 42.0. The van der Waals surface area contributed by atoms with Crippen molar-refractivity contribution >= 4 is 78.7 Å². The first-order valence-electron chi connectivity index (χ1n) is 25.5. The smallest absolute Gasteiger partial charge is 0.480 e. The number of aromatic nitrogens is 2. The van der Waals surface area contributed by atoms with E-state index in [0.29, 0.717) is 83.2 Å². The van der Waals surface area contributed by atoms with Gasteiger partial charge in [-0.3, -0.25) is 29.0 Å². The van der Waals surface area contributed by atoms with Crippen LogP contribution in [0.15, 0.2) is 84.9 Å². The number of anilines is 2. The molecule has 6 N–H and O–H groups in total. The van der Waals surface area contributed by atoms with Crippen molar-refractivity contribution in [3.8, 4) is 11.5 Å². The van der Waals surface area contributed by atoms with Crippen molar-refractivity contribution in [2.75, 3.05) is 76.1 Å². The van der Waals surface area contributed by atoms with E-state index in [0.717, 1.165) is 75.0 Å². The molecular formula is C54H64F6N8O8. The summed E-state index contributed by atoms with van der Waals surface area (Å²) in [6.07, 6.45) is 0.478.